The Bertz CT molecular complexity index is 2100. The van der Waals surface area contributed by atoms with Crippen molar-refractivity contribution in [2.75, 3.05) is 44.4 Å². The first-order chi connectivity index (χ1) is 24.6. The summed E-state index contributed by atoms with van der Waals surface area (Å²) in [5.74, 6) is -2.47. The number of amides is 1. The first-order valence-electron chi connectivity index (χ1n) is 16.7. The molecule has 3 aliphatic rings. The number of nitrogens with two attached hydrogens (primary N) is 1. The second kappa shape index (κ2) is 14.1. The van der Waals surface area contributed by atoms with Crippen molar-refractivity contribution in [3.63, 3.8) is 0 Å². The minimum absolute atomic E-state index is 0.0407. The van der Waals surface area contributed by atoms with Gasteiger partial charge in [0.15, 0.2) is 5.82 Å². The minimum Gasteiger partial charge on any atom is -0.467 e. The lowest BCUT2D eigenvalue weighted by Gasteiger charge is -2.32. The molecular weight excluding hydrogens is 708 g/mol. The fraction of sp³-hybridized carbons (Fsp3) is 0.444. The SMILES string of the molecule is C=C(C)C(=O)N1CCC(N(C)c2nc(OC)nc3c(F)c(-c4ccc(F)c5sc(N)c(C#N)c45)c(C(F)(F)F)cc23)C1C.FC1CC2CCCN2C1. The maximum absolute atomic E-state index is 16.6. The molecule has 0 spiro atoms. The van der Waals surface area contributed by atoms with Crippen molar-refractivity contribution in [3.05, 3.63) is 53.1 Å². The largest absolute Gasteiger partial charge is 0.467 e. The van der Waals surface area contributed by atoms with Crippen LogP contribution < -0.4 is 15.4 Å². The molecule has 4 atom stereocenters. The van der Waals surface area contributed by atoms with Gasteiger partial charge in [0, 0.05) is 54.1 Å². The number of carbonyl (C=O) groups excluding carboxylic acids is 1. The van der Waals surface area contributed by atoms with Gasteiger partial charge in [-0.2, -0.15) is 28.4 Å². The van der Waals surface area contributed by atoms with Crippen LogP contribution in [0.2, 0.25) is 0 Å². The lowest BCUT2D eigenvalue weighted by atomic mass is 9.92. The molecule has 16 heteroatoms. The van der Waals surface area contributed by atoms with E-state index in [0.717, 1.165) is 31.2 Å². The number of nitrogen functional groups attached to an aromatic ring is 1. The van der Waals surface area contributed by atoms with Crippen LogP contribution in [0.15, 0.2) is 30.4 Å². The monoisotopic (exact) mass is 745 g/mol. The van der Waals surface area contributed by atoms with E-state index in [4.69, 9.17) is 10.5 Å². The lowest BCUT2D eigenvalue weighted by molar-refractivity contribution is -0.137. The Kier molecular flexibility index (Phi) is 10.1. The number of rotatable bonds is 5. The number of benzene rings is 2. The van der Waals surface area contributed by atoms with Gasteiger partial charge in [-0.15, -0.1) is 11.3 Å². The number of nitrogens with zero attached hydrogens (tertiary/aromatic N) is 6. The lowest BCUT2D eigenvalue weighted by Crippen LogP contribution is -2.44. The molecule has 276 valence electrons. The van der Waals surface area contributed by atoms with Crippen LogP contribution in [-0.4, -0.2) is 83.8 Å². The Balaban J connectivity index is 0.000000444. The van der Waals surface area contributed by atoms with Crippen LogP contribution in [0, 0.1) is 23.0 Å². The van der Waals surface area contributed by atoms with E-state index in [9.17, 15) is 32.0 Å². The van der Waals surface area contributed by atoms with E-state index in [1.165, 1.54) is 20.0 Å². The van der Waals surface area contributed by atoms with E-state index >= 15 is 4.39 Å². The highest BCUT2D eigenvalue weighted by molar-refractivity contribution is 7.23. The highest BCUT2D eigenvalue weighted by atomic mass is 32.1. The Morgan fingerprint density at radius 1 is 1.21 bits per heavy atom. The molecule has 2 N–H and O–H groups in total. The molecule has 5 heterocycles. The molecule has 1 amide bonds. The van der Waals surface area contributed by atoms with Crippen molar-refractivity contribution in [1.29, 1.82) is 5.26 Å². The Morgan fingerprint density at radius 3 is 2.58 bits per heavy atom. The zero-order valence-electron chi connectivity index (χ0n) is 29.0. The molecule has 3 saturated heterocycles. The number of aromatic nitrogens is 2. The number of likely N-dealkylation sites (tertiary alicyclic amines) is 1. The summed E-state index contributed by atoms with van der Waals surface area (Å²) >= 11 is 0.683. The summed E-state index contributed by atoms with van der Waals surface area (Å²) in [6, 6.07) is 3.96. The molecule has 0 radical (unpaired) electrons. The van der Waals surface area contributed by atoms with Crippen molar-refractivity contribution >= 4 is 49.1 Å². The van der Waals surface area contributed by atoms with Crippen LogP contribution in [0.5, 0.6) is 6.01 Å². The van der Waals surface area contributed by atoms with Gasteiger partial charge in [0.05, 0.1) is 29.0 Å². The molecule has 9 nitrogen and oxygen atoms in total. The van der Waals surface area contributed by atoms with Crippen molar-refractivity contribution < 1.29 is 35.9 Å². The standard InChI is InChI=1S/C29H25F5N6O2S.C7H12FN/c1-12(2)27(41)40-9-8-19(13(40)3)39(4)26-15-10-17(29(32,33)34)21(22(31)23(15)37-28(38-26)42-5)14-6-7-18(30)24-20(14)16(11-35)25(36)43-24;8-6-4-7-2-1-3-9(7)5-6/h6-7,10,13,19H,1,8-9,36H2,2-5H3;6-7H,1-5H2. The van der Waals surface area contributed by atoms with Gasteiger partial charge in [0.2, 0.25) is 5.91 Å². The third-order valence-corrected chi connectivity index (χ3v) is 11.2. The number of methoxy groups -OCH3 is 1. The second-order valence-electron chi connectivity index (χ2n) is 13.4. The molecule has 4 unspecified atom stereocenters. The molecule has 52 heavy (non-hydrogen) atoms. The Labute approximate surface area is 300 Å². The van der Waals surface area contributed by atoms with E-state index in [-0.39, 0.29) is 55.4 Å². The Hall–Kier alpha value is -4.62. The summed E-state index contributed by atoms with van der Waals surface area (Å²) in [4.78, 5) is 26.5. The summed E-state index contributed by atoms with van der Waals surface area (Å²) in [6.07, 6.45) is -1.81. The van der Waals surface area contributed by atoms with E-state index in [0.29, 0.717) is 42.5 Å². The number of anilines is 2. The Morgan fingerprint density at radius 2 is 1.94 bits per heavy atom. The summed E-state index contributed by atoms with van der Waals surface area (Å²) in [7, 11) is 2.82. The molecule has 3 fully saturated rings. The maximum atomic E-state index is 16.6. The van der Waals surface area contributed by atoms with E-state index in [2.05, 4.69) is 21.4 Å². The second-order valence-corrected chi connectivity index (χ2v) is 14.5. The smallest absolute Gasteiger partial charge is 0.417 e. The number of thiophene rings is 1. The van der Waals surface area contributed by atoms with E-state index in [1.54, 1.807) is 36.8 Å². The third kappa shape index (κ3) is 6.49. The highest BCUT2D eigenvalue weighted by Gasteiger charge is 2.41. The molecule has 3 aliphatic heterocycles. The summed E-state index contributed by atoms with van der Waals surface area (Å²) in [6.45, 7) is 9.32. The van der Waals surface area contributed by atoms with Gasteiger partial charge in [-0.05, 0) is 63.8 Å². The number of likely N-dealkylation sites (N-methyl/N-ethyl adjacent to an activating group) is 1. The number of fused-ring (bicyclic) bond motifs is 3. The molecule has 0 aliphatic carbocycles. The molecule has 0 saturated carbocycles. The molecule has 0 bridgehead atoms. The van der Waals surface area contributed by atoms with Gasteiger partial charge in [0.1, 0.15) is 34.4 Å². The van der Waals surface area contributed by atoms with Crippen molar-refractivity contribution in [2.24, 2.45) is 0 Å². The first-order valence-corrected chi connectivity index (χ1v) is 17.5. The number of carbonyl (C=O) groups is 1. The van der Waals surface area contributed by atoms with Gasteiger partial charge >= 0.3 is 12.2 Å². The number of ether oxygens (including phenoxy) is 1. The molecule has 2 aromatic carbocycles. The number of hydrogen-bond acceptors (Lipinski definition) is 9. The first kappa shape index (κ1) is 37.1. The highest BCUT2D eigenvalue weighted by Crippen LogP contribution is 2.48. The average molecular weight is 746 g/mol. The fourth-order valence-electron chi connectivity index (χ4n) is 7.70. The summed E-state index contributed by atoms with van der Waals surface area (Å²) in [5, 5.41) is 9.08. The summed E-state index contributed by atoms with van der Waals surface area (Å²) < 4.78 is 93.0. The van der Waals surface area contributed by atoms with E-state index in [1.807, 2.05) is 0 Å². The number of halogens is 6. The summed E-state index contributed by atoms with van der Waals surface area (Å²) in [5.41, 5.74) is 2.84. The molecule has 2 aromatic heterocycles. The van der Waals surface area contributed by atoms with Crippen LogP contribution in [0.4, 0.5) is 37.2 Å². The topological polar surface area (TPSA) is 112 Å². The van der Waals surface area contributed by atoms with Crippen molar-refractivity contribution in [1.82, 2.24) is 19.8 Å². The number of hydrogen-bond donors (Lipinski definition) is 1. The van der Waals surface area contributed by atoms with Crippen molar-refractivity contribution in [2.45, 2.75) is 70.0 Å². The third-order valence-electron chi connectivity index (χ3n) is 10.2. The van der Waals surface area contributed by atoms with E-state index < -0.39 is 46.7 Å². The minimum atomic E-state index is -5.08. The van der Waals surface area contributed by atoms with Gasteiger partial charge in [-0.25, -0.2) is 13.2 Å². The van der Waals surface area contributed by atoms with Gasteiger partial charge in [0.25, 0.3) is 0 Å². The number of alkyl halides is 4. The van der Waals surface area contributed by atoms with Crippen LogP contribution in [-0.2, 0) is 11.0 Å². The fourth-order valence-corrected chi connectivity index (χ4v) is 8.65. The van der Waals surface area contributed by atoms with Crippen molar-refractivity contribution in [3.8, 4) is 23.2 Å². The predicted octanol–water partition coefficient (Wildman–Crippen LogP) is 7.47. The molecule has 4 aromatic rings. The van der Waals surface area contributed by atoms with Crippen LogP contribution >= 0.6 is 11.3 Å². The average Bonchev–Trinajstić information content (AvgIpc) is 3.86. The van der Waals surface area contributed by atoms with Crippen LogP contribution in [0.1, 0.15) is 50.7 Å². The molecule has 7 rings (SSSR count). The molecular formula is C36H37F6N7O2S. The number of nitriles is 1. The van der Waals surface area contributed by atoms with Crippen LogP contribution in [0.25, 0.3) is 32.1 Å². The zero-order chi connectivity index (χ0) is 37.8. The maximum Gasteiger partial charge on any atom is 0.417 e. The van der Waals surface area contributed by atoms with Gasteiger partial charge in [-0.3, -0.25) is 9.69 Å². The normalized spacial score (nSPS) is 21.6. The van der Waals surface area contributed by atoms with Gasteiger partial charge in [-0.1, -0.05) is 12.6 Å². The zero-order valence-corrected chi connectivity index (χ0v) is 29.8. The van der Waals surface area contributed by atoms with Crippen LogP contribution in [0.3, 0.4) is 0 Å². The van der Waals surface area contributed by atoms with Gasteiger partial charge < -0.3 is 20.3 Å². The quantitative estimate of drug-likeness (QED) is 0.166. The predicted molar refractivity (Wildman–Crippen MR) is 188 cm³/mol.